The Balaban J connectivity index is 1.09. The Morgan fingerprint density at radius 2 is 0.944 bits per heavy atom. The third kappa shape index (κ3) is 3.55. The standard InChI is InChI=1S/C48H28BN3O2/c1-3-13-29(14-4-1)50-38-21-11-23-40-45(38)49-46-39(50)22-12-24-41(46)54-43-28-31(27-42(53-40)47(43)49)51-36-20-10-8-18-34(36)44-37(51)26-25-33-32-17-7-9-19-35(32)52(48(33)44)30-15-5-2-6-16-30/h1-28H. The van der Waals surface area contributed by atoms with Crippen LogP contribution in [0.25, 0.3) is 55.0 Å². The van der Waals surface area contributed by atoms with Gasteiger partial charge < -0.3 is 23.5 Å². The fourth-order valence-corrected chi connectivity index (χ4v) is 9.67. The van der Waals surface area contributed by atoms with Crippen LogP contribution >= 0.6 is 0 Å². The molecular formula is C48H28BN3O2. The van der Waals surface area contributed by atoms with Gasteiger partial charge in [-0.2, -0.15) is 0 Å². The fraction of sp³-hybridized carbons (Fsp3) is 0. The van der Waals surface area contributed by atoms with Crippen molar-refractivity contribution in [1.82, 2.24) is 9.13 Å². The van der Waals surface area contributed by atoms with E-state index in [-0.39, 0.29) is 6.71 Å². The molecule has 5 heterocycles. The second-order valence-electron chi connectivity index (χ2n) is 14.4. The van der Waals surface area contributed by atoms with Crippen LogP contribution in [0.3, 0.4) is 0 Å². The van der Waals surface area contributed by atoms with Crippen LogP contribution in [0.1, 0.15) is 0 Å². The summed E-state index contributed by atoms with van der Waals surface area (Å²) in [5, 5.41) is 4.89. The number of rotatable bonds is 3. The van der Waals surface area contributed by atoms with Crippen LogP contribution < -0.4 is 30.8 Å². The van der Waals surface area contributed by atoms with Crippen LogP contribution in [0, 0.1) is 0 Å². The zero-order valence-corrected chi connectivity index (χ0v) is 28.9. The Morgan fingerprint density at radius 1 is 0.370 bits per heavy atom. The second kappa shape index (κ2) is 10.2. The molecule has 0 N–H and O–H groups in total. The molecule has 0 spiro atoms. The van der Waals surface area contributed by atoms with Gasteiger partial charge in [0.15, 0.2) is 0 Å². The molecule has 5 nitrogen and oxygen atoms in total. The summed E-state index contributed by atoms with van der Waals surface area (Å²) in [6.45, 7) is -0.0109. The quantitative estimate of drug-likeness (QED) is 0.173. The van der Waals surface area contributed by atoms with E-state index in [2.05, 4.69) is 184 Å². The molecule has 10 aromatic rings. The summed E-state index contributed by atoms with van der Waals surface area (Å²) in [5.41, 5.74) is 13.6. The lowest BCUT2D eigenvalue weighted by Crippen LogP contribution is -2.61. The number of benzene rings is 8. The molecule has 6 heteroatoms. The van der Waals surface area contributed by atoms with Crippen molar-refractivity contribution in [2.75, 3.05) is 4.90 Å². The van der Waals surface area contributed by atoms with E-state index < -0.39 is 0 Å². The average Bonchev–Trinajstić information content (AvgIpc) is 3.74. The van der Waals surface area contributed by atoms with Gasteiger partial charge in [-0.1, -0.05) is 91.0 Å². The first-order chi connectivity index (χ1) is 26.8. The Hall–Kier alpha value is -7.18. The molecular weight excluding hydrogens is 661 g/mol. The van der Waals surface area contributed by atoms with Crippen LogP contribution in [0.2, 0.25) is 0 Å². The number of hydrogen-bond donors (Lipinski definition) is 0. The molecule has 13 rings (SSSR count). The molecule has 0 saturated heterocycles. The van der Waals surface area contributed by atoms with Crippen molar-refractivity contribution in [2.24, 2.45) is 0 Å². The molecule has 0 radical (unpaired) electrons. The smallest absolute Gasteiger partial charge is 0.266 e. The number of hydrogen-bond acceptors (Lipinski definition) is 3. The van der Waals surface area contributed by atoms with Gasteiger partial charge >= 0.3 is 0 Å². The minimum Gasteiger partial charge on any atom is -0.458 e. The van der Waals surface area contributed by atoms with Crippen LogP contribution in [0.5, 0.6) is 23.0 Å². The second-order valence-corrected chi connectivity index (χ2v) is 14.4. The molecule has 54 heavy (non-hydrogen) atoms. The van der Waals surface area contributed by atoms with Crippen molar-refractivity contribution in [3.8, 4) is 34.4 Å². The SMILES string of the molecule is c1ccc(N2c3cccc4c3B3c5c(cc(-n6c7ccccc7c7c6ccc6c8ccccc8n(-c8ccccc8)c67)cc5Oc5cccc2c53)O4)cc1. The topological polar surface area (TPSA) is 31.6 Å². The minimum absolute atomic E-state index is 0.0109. The highest BCUT2D eigenvalue weighted by Gasteiger charge is 2.47. The van der Waals surface area contributed by atoms with Gasteiger partial charge in [-0.15, -0.1) is 0 Å². The van der Waals surface area contributed by atoms with Gasteiger partial charge in [-0.3, -0.25) is 0 Å². The number of fused-ring (bicyclic) bond motifs is 7. The summed E-state index contributed by atoms with van der Waals surface area (Å²) < 4.78 is 18.7. The third-order valence-electron chi connectivity index (χ3n) is 11.7. The highest BCUT2D eigenvalue weighted by atomic mass is 16.5. The van der Waals surface area contributed by atoms with Gasteiger partial charge in [-0.25, -0.2) is 0 Å². The minimum atomic E-state index is -0.0109. The van der Waals surface area contributed by atoms with E-state index >= 15 is 0 Å². The summed E-state index contributed by atoms with van der Waals surface area (Å²) in [6, 6.07) is 60.7. The van der Waals surface area contributed by atoms with Gasteiger partial charge in [0.1, 0.15) is 23.0 Å². The summed E-state index contributed by atoms with van der Waals surface area (Å²) >= 11 is 0. The molecule has 0 bridgehead atoms. The molecule has 0 aliphatic carbocycles. The number of aromatic nitrogens is 2. The number of para-hydroxylation sites is 4. The maximum Gasteiger partial charge on any atom is 0.266 e. The maximum atomic E-state index is 6.96. The molecule has 3 aliphatic rings. The molecule has 250 valence electrons. The van der Waals surface area contributed by atoms with Crippen LogP contribution in [0.15, 0.2) is 170 Å². The van der Waals surface area contributed by atoms with Crippen LogP contribution in [-0.4, -0.2) is 15.8 Å². The molecule has 2 aromatic heterocycles. The zero-order valence-electron chi connectivity index (χ0n) is 28.9. The Labute approximate surface area is 310 Å². The number of ether oxygens (including phenoxy) is 2. The van der Waals surface area contributed by atoms with Gasteiger partial charge in [0.05, 0.1) is 27.8 Å². The predicted molar refractivity (Wildman–Crippen MR) is 221 cm³/mol. The fourth-order valence-electron chi connectivity index (χ4n) is 9.67. The molecule has 0 unspecified atom stereocenters. The van der Waals surface area contributed by atoms with Crippen LogP contribution in [0.4, 0.5) is 17.1 Å². The van der Waals surface area contributed by atoms with Crippen LogP contribution in [-0.2, 0) is 0 Å². The van der Waals surface area contributed by atoms with Crippen molar-refractivity contribution in [3.63, 3.8) is 0 Å². The lowest BCUT2D eigenvalue weighted by Gasteiger charge is -2.42. The molecule has 8 aromatic carbocycles. The number of nitrogens with zero attached hydrogens (tertiary/aromatic N) is 3. The lowest BCUT2D eigenvalue weighted by molar-refractivity contribution is 0.464. The first-order valence-electron chi connectivity index (χ1n) is 18.5. The van der Waals surface area contributed by atoms with Crippen molar-refractivity contribution in [3.05, 3.63) is 170 Å². The van der Waals surface area contributed by atoms with E-state index in [1.807, 2.05) is 0 Å². The first kappa shape index (κ1) is 28.4. The maximum absolute atomic E-state index is 6.96. The van der Waals surface area contributed by atoms with Crippen molar-refractivity contribution in [1.29, 1.82) is 0 Å². The van der Waals surface area contributed by atoms with Crippen molar-refractivity contribution in [2.45, 2.75) is 0 Å². The van der Waals surface area contributed by atoms with E-state index in [0.29, 0.717) is 0 Å². The van der Waals surface area contributed by atoms with E-state index in [4.69, 9.17) is 9.47 Å². The monoisotopic (exact) mass is 689 g/mol. The predicted octanol–water partition coefficient (Wildman–Crippen LogP) is 10.4. The van der Waals surface area contributed by atoms with Gasteiger partial charge in [0.25, 0.3) is 6.71 Å². The molecule has 0 atom stereocenters. The normalized spacial score (nSPS) is 13.4. The third-order valence-corrected chi connectivity index (χ3v) is 11.7. The van der Waals surface area contributed by atoms with E-state index in [1.54, 1.807) is 0 Å². The molecule has 0 saturated carbocycles. The Morgan fingerprint density at radius 3 is 1.61 bits per heavy atom. The van der Waals surface area contributed by atoms with Crippen molar-refractivity contribution < 1.29 is 9.47 Å². The summed E-state index contributed by atoms with van der Waals surface area (Å²) in [6.07, 6.45) is 0. The van der Waals surface area contributed by atoms with E-state index in [0.717, 1.165) is 67.9 Å². The Kier molecular flexibility index (Phi) is 5.39. The lowest BCUT2D eigenvalue weighted by atomic mass is 9.33. The average molecular weight is 690 g/mol. The summed E-state index contributed by atoms with van der Waals surface area (Å²) in [7, 11) is 0. The zero-order chi connectivity index (χ0) is 35.1. The highest BCUT2D eigenvalue weighted by molar-refractivity contribution is 7.00. The first-order valence-corrected chi connectivity index (χ1v) is 18.5. The largest absolute Gasteiger partial charge is 0.458 e. The van der Waals surface area contributed by atoms with E-state index in [1.165, 1.54) is 43.5 Å². The van der Waals surface area contributed by atoms with Crippen molar-refractivity contribution >= 4 is 83.8 Å². The highest BCUT2D eigenvalue weighted by Crippen LogP contribution is 2.47. The summed E-state index contributed by atoms with van der Waals surface area (Å²) in [5.74, 6) is 3.42. The molecule has 3 aliphatic heterocycles. The van der Waals surface area contributed by atoms with E-state index in [9.17, 15) is 0 Å². The Bertz CT molecular complexity index is 3160. The number of anilines is 3. The van der Waals surface area contributed by atoms with Gasteiger partial charge in [0.2, 0.25) is 0 Å². The molecule has 0 fully saturated rings. The van der Waals surface area contributed by atoms with Gasteiger partial charge in [0, 0.05) is 61.9 Å². The van der Waals surface area contributed by atoms with Gasteiger partial charge in [-0.05, 0) is 77.7 Å². The molecule has 0 amide bonds. The summed E-state index contributed by atoms with van der Waals surface area (Å²) in [4.78, 5) is 2.35.